The van der Waals surface area contributed by atoms with Gasteiger partial charge in [0.05, 0.1) is 12.2 Å². The molecule has 0 radical (unpaired) electrons. The van der Waals surface area contributed by atoms with Gasteiger partial charge >= 0.3 is 0 Å². The Balaban J connectivity index is 1.40. The first kappa shape index (κ1) is 22.8. The van der Waals surface area contributed by atoms with Crippen molar-refractivity contribution in [1.82, 2.24) is 14.7 Å². The average molecular weight is 489 g/mol. The third-order valence-electron chi connectivity index (χ3n) is 6.12. The van der Waals surface area contributed by atoms with E-state index in [1.165, 1.54) is 26.8 Å². The molecule has 9 heteroatoms. The lowest BCUT2D eigenvalue weighted by molar-refractivity contribution is -0.127. The molecule has 1 N–H and O–H groups in total. The number of benzene rings is 2. The van der Waals surface area contributed by atoms with Gasteiger partial charge in [0.1, 0.15) is 11.3 Å². The predicted molar refractivity (Wildman–Crippen MR) is 135 cm³/mol. The number of aryl methyl sites for hydroxylation is 2. The molecule has 5 rings (SSSR count). The van der Waals surface area contributed by atoms with Gasteiger partial charge in [-0.05, 0) is 38.0 Å². The molecule has 1 aliphatic heterocycles. The van der Waals surface area contributed by atoms with Crippen LogP contribution in [0.2, 0.25) is 0 Å². The minimum Gasteiger partial charge on any atom is -0.477 e. The van der Waals surface area contributed by atoms with E-state index in [1.807, 2.05) is 44.2 Å². The molecule has 1 atom stereocenters. The van der Waals surface area contributed by atoms with E-state index in [0.717, 1.165) is 16.1 Å². The molecule has 0 bridgehead atoms. The van der Waals surface area contributed by atoms with Gasteiger partial charge in [0.25, 0.3) is 17.4 Å². The van der Waals surface area contributed by atoms with Gasteiger partial charge in [-0.2, -0.15) is 0 Å². The van der Waals surface area contributed by atoms with Crippen molar-refractivity contribution in [2.75, 3.05) is 18.0 Å². The average Bonchev–Trinajstić information content (AvgIpc) is 3.17. The van der Waals surface area contributed by atoms with Crippen LogP contribution in [0.1, 0.15) is 26.5 Å². The first-order chi connectivity index (χ1) is 16.9. The minimum absolute atomic E-state index is 0.0171. The summed E-state index contributed by atoms with van der Waals surface area (Å²) in [4.78, 5) is 47.0. The number of para-hydroxylation sites is 2. The van der Waals surface area contributed by atoms with Crippen molar-refractivity contribution in [2.24, 2.45) is 0 Å². The Hall–Kier alpha value is -3.98. The Labute approximate surface area is 205 Å². The van der Waals surface area contributed by atoms with Crippen LogP contribution < -0.4 is 20.5 Å². The van der Waals surface area contributed by atoms with Crippen LogP contribution in [0.5, 0.6) is 5.75 Å². The molecule has 0 saturated carbocycles. The maximum atomic E-state index is 13.6. The van der Waals surface area contributed by atoms with Crippen LogP contribution >= 0.6 is 11.3 Å². The highest BCUT2D eigenvalue weighted by Crippen LogP contribution is 2.34. The highest BCUT2D eigenvalue weighted by atomic mass is 32.1. The molecule has 1 aliphatic rings. The zero-order valence-corrected chi connectivity index (χ0v) is 20.2. The molecule has 0 aliphatic carbocycles. The molecule has 0 unspecified atom stereocenters. The number of thiazole rings is 1. The Kier molecular flexibility index (Phi) is 6.08. The smallest absolute Gasteiger partial charge is 0.271 e. The molecule has 2 amide bonds. The lowest BCUT2D eigenvalue weighted by Gasteiger charge is -2.34. The topological polar surface area (TPSA) is 93.0 Å². The zero-order valence-electron chi connectivity index (χ0n) is 19.4. The van der Waals surface area contributed by atoms with E-state index in [1.54, 1.807) is 24.3 Å². The van der Waals surface area contributed by atoms with Gasteiger partial charge in [0.2, 0.25) is 0 Å². The summed E-state index contributed by atoms with van der Waals surface area (Å²) in [5.41, 5.74) is 1.91. The van der Waals surface area contributed by atoms with Crippen molar-refractivity contribution in [1.29, 1.82) is 0 Å². The van der Waals surface area contributed by atoms with E-state index in [2.05, 4.69) is 10.3 Å². The van der Waals surface area contributed by atoms with Crippen LogP contribution in [-0.4, -0.2) is 40.4 Å². The van der Waals surface area contributed by atoms with E-state index in [4.69, 9.17) is 4.74 Å². The number of carbonyl (C=O) groups excluding carboxylic acids is 2. The summed E-state index contributed by atoms with van der Waals surface area (Å²) in [5, 5.41) is 2.90. The van der Waals surface area contributed by atoms with Crippen LogP contribution in [0.4, 0.5) is 5.69 Å². The fraction of sp³-hybridized carbons (Fsp3) is 0.231. The third-order valence-corrected chi connectivity index (χ3v) is 7.19. The van der Waals surface area contributed by atoms with Gasteiger partial charge in [-0.1, -0.05) is 42.5 Å². The minimum atomic E-state index is -0.908. The number of rotatable bonds is 5. The Morgan fingerprint density at radius 2 is 1.86 bits per heavy atom. The fourth-order valence-electron chi connectivity index (χ4n) is 4.12. The number of hydrogen-bond acceptors (Lipinski definition) is 6. The molecule has 3 heterocycles. The summed E-state index contributed by atoms with van der Waals surface area (Å²) in [6.45, 7) is 4.17. The number of ether oxygens (including phenoxy) is 1. The lowest BCUT2D eigenvalue weighted by Crippen LogP contribution is -2.51. The number of hydrogen-bond donors (Lipinski definition) is 1. The summed E-state index contributed by atoms with van der Waals surface area (Å²) in [6.07, 6.45) is 1.09. The van der Waals surface area contributed by atoms with E-state index in [-0.39, 0.29) is 18.0 Å². The van der Waals surface area contributed by atoms with Crippen molar-refractivity contribution in [3.05, 3.63) is 92.8 Å². The molecule has 8 nitrogen and oxygen atoms in total. The summed E-state index contributed by atoms with van der Waals surface area (Å²) in [5.74, 6) is -0.423. The molecule has 35 heavy (non-hydrogen) atoms. The van der Waals surface area contributed by atoms with Gasteiger partial charge in [-0.25, -0.2) is 4.98 Å². The number of aromatic nitrogens is 2. The standard InChI is InChI=1S/C26H24N4O4S/c1-16-17(2)35-26-28-14-19(25(33)30(16)26)24(32)29-15-22(34-21-11-7-6-10-20(21)29)23(31)27-13-12-18-8-4-3-5-9-18/h3-11,14,22H,12-13,15H2,1-2H3,(H,27,31)/t22-/m0/s1. The number of amides is 2. The monoisotopic (exact) mass is 488 g/mol. The first-order valence-electron chi connectivity index (χ1n) is 11.3. The molecule has 2 aromatic carbocycles. The Morgan fingerprint density at radius 1 is 1.11 bits per heavy atom. The molecular formula is C26H24N4O4S. The third kappa shape index (κ3) is 4.30. The van der Waals surface area contributed by atoms with Crippen molar-refractivity contribution < 1.29 is 14.3 Å². The highest BCUT2D eigenvalue weighted by Gasteiger charge is 2.35. The molecule has 2 aromatic heterocycles. The van der Waals surface area contributed by atoms with E-state index in [0.29, 0.717) is 29.4 Å². The number of carbonyl (C=O) groups is 2. The van der Waals surface area contributed by atoms with Crippen molar-refractivity contribution >= 4 is 33.8 Å². The first-order valence-corrected chi connectivity index (χ1v) is 12.1. The summed E-state index contributed by atoms with van der Waals surface area (Å²) >= 11 is 1.40. The van der Waals surface area contributed by atoms with Gasteiger partial charge in [-0.3, -0.25) is 18.8 Å². The molecule has 178 valence electrons. The largest absolute Gasteiger partial charge is 0.477 e. The maximum Gasteiger partial charge on any atom is 0.271 e. The number of anilines is 1. The van der Waals surface area contributed by atoms with Gasteiger partial charge in [0.15, 0.2) is 11.1 Å². The summed E-state index contributed by atoms with van der Waals surface area (Å²) in [6, 6.07) is 16.9. The van der Waals surface area contributed by atoms with Crippen LogP contribution in [0.15, 0.2) is 65.6 Å². The van der Waals surface area contributed by atoms with E-state index < -0.39 is 17.6 Å². The molecule has 0 fully saturated rings. The molecule has 0 saturated heterocycles. The predicted octanol–water partition coefficient (Wildman–Crippen LogP) is 3.14. The van der Waals surface area contributed by atoms with E-state index >= 15 is 0 Å². The second kappa shape index (κ2) is 9.34. The van der Waals surface area contributed by atoms with Crippen molar-refractivity contribution in [3.63, 3.8) is 0 Å². The van der Waals surface area contributed by atoms with Crippen LogP contribution in [0.3, 0.4) is 0 Å². The van der Waals surface area contributed by atoms with Crippen LogP contribution in [0.25, 0.3) is 4.96 Å². The van der Waals surface area contributed by atoms with Gasteiger partial charge in [0, 0.05) is 23.3 Å². The molecule has 4 aromatic rings. The highest BCUT2D eigenvalue weighted by molar-refractivity contribution is 7.17. The van der Waals surface area contributed by atoms with Crippen molar-refractivity contribution in [2.45, 2.75) is 26.4 Å². The number of nitrogens with zero attached hydrogens (tertiary/aromatic N) is 3. The number of fused-ring (bicyclic) bond motifs is 2. The van der Waals surface area contributed by atoms with Gasteiger partial charge < -0.3 is 15.0 Å². The molecular weight excluding hydrogens is 464 g/mol. The summed E-state index contributed by atoms with van der Waals surface area (Å²) in [7, 11) is 0. The number of nitrogens with one attached hydrogen (secondary N) is 1. The summed E-state index contributed by atoms with van der Waals surface area (Å²) < 4.78 is 7.40. The van der Waals surface area contributed by atoms with Gasteiger partial charge in [-0.15, -0.1) is 11.3 Å². The Bertz CT molecular complexity index is 1480. The maximum absolute atomic E-state index is 13.6. The quantitative estimate of drug-likeness (QED) is 0.466. The second-order valence-corrected chi connectivity index (χ2v) is 9.54. The van der Waals surface area contributed by atoms with Crippen molar-refractivity contribution in [3.8, 4) is 5.75 Å². The van der Waals surface area contributed by atoms with E-state index in [9.17, 15) is 14.4 Å². The van der Waals surface area contributed by atoms with Crippen LogP contribution in [-0.2, 0) is 11.2 Å². The molecule has 0 spiro atoms. The van der Waals surface area contributed by atoms with Crippen LogP contribution in [0, 0.1) is 13.8 Å². The Morgan fingerprint density at radius 3 is 2.66 bits per heavy atom. The fourth-order valence-corrected chi connectivity index (χ4v) is 5.05. The lowest BCUT2D eigenvalue weighted by atomic mass is 10.1. The zero-order chi connectivity index (χ0) is 24.5. The second-order valence-electron chi connectivity index (χ2n) is 8.36. The SMILES string of the molecule is Cc1sc2ncc(C(=O)N3C[C@@H](C(=O)NCCc4ccccc4)Oc4ccccc43)c(=O)n2c1C. The normalized spacial score (nSPS) is 14.9.